The molecule has 6 nitrogen and oxygen atoms in total. The van der Waals surface area contributed by atoms with Crippen molar-refractivity contribution < 1.29 is 14.7 Å². The average Bonchev–Trinajstić information content (AvgIpc) is 3.27. The molecule has 0 aliphatic heterocycles. The zero-order chi connectivity index (χ0) is 25.1. The Labute approximate surface area is 214 Å². The number of aromatic nitrogens is 2. The molecule has 1 aliphatic rings. The molecule has 0 saturated heterocycles. The highest BCUT2D eigenvalue weighted by Crippen LogP contribution is 2.29. The number of nitrogens with one attached hydrogen (secondary N) is 1. The molecular formula is C29H28ClN3O3. The first kappa shape index (κ1) is 24.1. The van der Waals surface area contributed by atoms with E-state index in [1.54, 1.807) is 12.3 Å². The largest absolute Gasteiger partial charge is 0.481 e. The van der Waals surface area contributed by atoms with Gasteiger partial charge in [0.05, 0.1) is 23.8 Å². The molecular weight excluding hydrogens is 474 g/mol. The average molecular weight is 502 g/mol. The number of hydrogen-bond acceptors (Lipinski definition) is 3. The molecule has 1 aliphatic carbocycles. The molecule has 2 N–H and O–H groups in total. The van der Waals surface area contributed by atoms with Crippen LogP contribution in [0.3, 0.4) is 0 Å². The van der Waals surface area contributed by atoms with Crippen LogP contribution in [0.1, 0.15) is 48.0 Å². The van der Waals surface area contributed by atoms with Crippen molar-refractivity contribution in [2.45, 2.75) is 44.7 Å². The van der Waals surface area contributed by atoms with Gasteiger partial charge in [0.25, 0.3) is 5.91 Å². The number of fused-ring (bicyclic) bond motifs is 1. The fourth-order valence-electron chi connectivity index (χ4n) is 5.12. The van der Waals surface area contributed by atoms with E-state index in [2.05, 4.69) is 46.8 Å². The van der Waals surface area contributed by atoms with E-state index < -0.39 is 5.97 Å². The Kier molecular flexibility index (Phi) is 7.05. The molecule has 1 fully saturated rings. The minimum Gasteiger partial charge on any atom is -0.481 e. The van der Waals surface area contributed by atoms with E-state index in [1.165, 1.54) is 5.56 Å². The summed E-state index contributed by atoms with van der Waals surface area (Å²) in [5.74, 6) is -0.750. The number of halogens is 1. The molecule has 0 unspecified atom stereocenters. The Morgan fingerprint density at radius 3 is 2.36 bits per heavy atom. The lowest BCUT2D eigenvalue weighted by Gasteiger charge is -2.28. The van der Waals surface area contributed by atoms with E-state index in [1.807, 2.05) is 28.9 Å². The van der Waals surface area contributed by atoms with Gasteiger partial charge in [0.1, 0.15) is 0 Å². The molecule has 0 atom stereocenters. The number of rotatable bonds is 7. The van der Waals surface area contributed by atoms with Gasteiger partial charge in [-0.3, -0.25) is 14.3 Å². The molecule has 4 aromatic rings. The van der Waals surface area contributed by atoms with Gasteiger partial charge in [0.15, 0.2) is 0 Å². The lowest BCUT2D eigenvalue weighted by atomic mass is 9.84. The van der Waals surface area contributed by atoms with Crippen molar-refractivity contribution in [1.29, 1.82) is 0 Å². The summed E-state index contributed by atoms with van der Waals surface area (Å²) in [6.07, 6.45) is 5.10. The second-order valence-electron chi connectivity index (χ2n) is 9.55. The molecule has 1 amide bonds. The summed E-state index contributed by atoms with van der Waals surface area (Å²) in [5, 5.41) is 18.1. The topological polar surface area (TPSA) is 84.2 Å². The molecule has 0 spiro atoms. The molecule has 36 heavy (non-hydrogen) atoms. The maximum Gasteiger partial charge on any atom is 0.303 e. The predicted molar refractivity (Wildman–Crippen MR) is 141 cm³/mol. The molecule has 3 aromatic carbocycles. The van der Waals surface area contributed by atoms with E-state index in [0.717, 1.165) is 47.7 Å². The Morgan fingerprint density at radius 2 is 1.67 bits per heavy atom. The molecule has 1 aromatic heterocycles. The summed E-state index contributed by atoms with van der Waals surface area (Å²) in [6, 6.07) is 22.2. The Hall–Kier alpha value is -3.64. The van der Waals surface area contributed by atoms with Crippen molar-refractivity contribution in [2.75, 3.05) is 0 Å². The first-order valence-electron chi connectivity index (χ1n) is 12.3. The van der Waals surface area contributed by atoms with Gasteiger partial charge in [-0.05, 0) is 60.4 Å². The third kappa shape index (κ3) is 5.44. The Bertz CT molecular complexity index is 1370. The summed E-state index contributed by atoms with van der Waals surface area (Å²) in [7, 11) is 0. The molecule has 1 saturated carbocycles. The van der Waals surface area contributed by atoms with Gasteiger partial charge in [-0.1, -0.05) is 66.2 Å². The number of carbonyl (C=O) groups is 2. The number of hydrogen-bond donors (Lipinski definition) is 2. The van der Waals surface area contributed by atoms with Crippen molar-refractivity contribution >= 4 is 34.4 Å². The first-order valence-corrected chi connectivity index (χ1v) is 12.7. The quantitative estimate of drug-likeness (QED) is 0.317. The highest BCUT2D eigenvalue weighted by Gasteiger charge is 2.25. The predicted octanol–water partition coefficient (Wildman–Crippen LogP) is 6.17. The maximum atomic E-state index is 13.3. The maximum absolute atomic E-state index is 13.3. The van der Waals surface area contributed by atoms with E-state index in [9.17, 15) is 9.59 Å². The Balaban J connectivity index is 1.34. The SMILES string of the molecule is O=C(O)CC1CCC(NC(=O)c2cc(Cl)cc3cnn(Cc4ccc(-c5ccccc5)cc4)c23)CC1. The van der Waals surface area contributed by atoms with Gasteiger partial charge < -0.3 is 10.4 Å². The van der Waals surface area contributed by atoms with Crippen LogP contribution in [0.25, 0.3) is 22.0 Å². The van der Waals surface area contributed by atoms with Gasteiger partial charge in [-0.2, -0.15) is 5.10 Å². The molecule has 0 bridgehead atoms. The highest BCUT2D eigenvalue weighted by atomic mass is 35.5. The lowest BCUT2D eigenvalue weighted by molar-refractivity contribution is -0.138. The number of nitrogens with zero attached hydrogens (tertiary/aromatic N) is 2. The van der Waals surface area contributed by atoms with Crippen LogP contribution in [0.5, 0.6) is 0 Å². The summed E-state index contributed by atoms with van der Waals surface area (Å²) < 4.78 is 1.85. The van der Waals surface area contributed by atoms with Crippen LogP contribution >= 0.6 is 11.6 Å². The normalized spacial score (nSPS) is 17.7. The van der Waals surface area contributed by atoms with E-state index in [0.29, 0.717) is 17.1 Å². The number of carboxylic acid groups (broad SMARTS) is 1. The summed E-state index contributed by atoms with van der Waals surface area (Å²) >= 11 is 6.35. The van der Waals surface area contributed by atoms with Crippen molar-refractivity contribution in [2.24, 2.45) is 5.92 Å². The van der Waals surface area contributed by atoms with Gasteiger partial charge in [0.2, 0.25) is 0 Å². The van der Waals surface area contributed by atoms with Gasteiger partial charge in [-0.15, -0.1) is 0 Å². The van der Waals surface area contributed by atoms with E-state index in [-0.39, 0.29) is 24.3 Å². The second kappa shape index (κ2) is 10.5. The number of carbonyl (C=O) groups excluding carboxylic acids is 1. The van der Waals surface area contributed by atoms with Crippen molar-refractivity contribution in [1.82, 2.24) is 15.1 Å². The molecule has 7 heteroatoms. The highest BCUT2D eigenvalue weighted by molar-refractivity contribution is 6.32. The molecule has 1 heterocycles. The minimum absolute atomic E-state index is 0.0264. The van der Waals surface area contributed by atoms with E-state index in [4.69, 9.17) is 16.7 Å². The van der Waals surface area contributed by atoms with Crippen LogP contribution in [0.2, 0.25) is 5.02 Å². The minimum atomic E-state index is -0.758. The van der Waals surface area contributed by atoms with Crippen LogP contribution in [-0.2, 0) is 11.3 Å². The van der Waals surface area contributed by atoms with Crippen LogP contribution < -0.4 is 5.32 Å². The molecule has 0 radical (unpaired) electrons. The number of aliphatic carboxylic acids is 1. The van der Waals surface area contributed by atoms with Crippen LogP contribution in [-0.4, -0.2) is 32.8 Å². The molecule has 5 rings (SSSR count). The standard InChI is InChI=1S/C29H28ClN3O3/c30-24-15-23-17-31-33(18-20-6-10-22(11-7-20)21-4-2-1-3-5-21)28(23)26(16-24)29(36)32-25-12-8-19(9-13-25)14-27(34)35/h1-7,10-11,15-17,19,25H,8-9,12-14,18H2,(H,32,36)(H,34,35). The monoisotopic (exact) mass is 501 g/mol. The van der Waals surface area contributed by atoms with Crippen molar-refractivity contribution in [3.05, 3.63) is 89.1 Å². The van der Waals surface area contributed by atoms with Crippen LogP contribution in [0.4, 0.5) is 0 Å². The number of amides is 1. The lowest BCUT2D eigenvalue weighted by Crippen LogP contribution is -2.38. The second-order valence-corrected chi connectivity index (χ2v) is 9.98. The third-order valence-electron chi connectivity index (χ3n) is 6.98. The Morgan fingerprint density at radius 1 is 0.972 bits per heavy atom. The van der Waals surface area contributed by atoms with Crippen molar-refractivity contribution in [3.8, 4) is 11.1 Å². The van der Waals surface area contributed by atoms with Crippen LogP contribution in [0.15, 0.2) is 72.9 Å². The van der Waals surface area contributed by atoms with Gasteiger partial charge in [0, 0.05) is 22.9 Å². The molecule has 184 valence electrons. The summed E-state index contributed by atoms with van der Waals surface area (Å²) in [5.41, 5.74) is 4.65. The first-order chi connectivity index (χ1) is 17.5. The van der Waals surface area contributed by atoms with Gasteiger partial charge in [-0.25, -0.2) is 0 Å². The number of benzene rings is 3. The summed E-state index contributed by atoms with van der Waals surface area (Å²) in [4.78, 5) is 24.3. The van der Waals surface area contributed by atoms with E-state index >= 15 is 0 Å². The number of carboxylic acids is 1. The zero-order valence-corrected chi connectivity index (χ0v) is 20.6. The zero-order valence-electron chi connectivity index (χ0n) is 19.9. The van der Waals surface area contributed by atoms with Gasteiger partial charge >= 0.3 is 5.97 Å². The van der Waals surface area contributed by atoms with Crippen molar-refractivity contribution in [3.63, 3.8) is 0 Å². The fraction of sp³-hybridized carbons (Fsp3) is 0.276. The third-order valence-corrected chi connectivity index (χ3v) is 7.20. The smallest absolute Gasteiger partial charge is 0.303 e. The fourth-order valence-corrected chi connectivity index (χ4v) is 5.34. The summed E-state index contributed by atoms with van der Waals surface area (Å²) in [6.45, 7) is 0.529. The van der Waals surface area contributed by atoms with Crippen LogP contribution in [0, 0.1) is 5.92 Å².